The topological polar surface area (TPSA) is 57.6 Å². The van der Waals surface area contributed by atoms with Crippen molar-refractivity contribution in [1.82, 2.24) is 4.90 Å². The zero-order chi connectivity index (χ0) is 14.3. The van der Waals surface area contributed by atoms with E-state index in [0.717, 1.165) is 18.4 Å². The summed E-state index contributed by atoms with van der Waals surface area (Å²) in [5.74, 6) is -1.72. The van der Waals surface area contributed by atoms with Gasteiger partial charge in [-0.05, 0) is 30.9 Å². The highest BCUT2D eigenvalue weighted by Gasteiger charge is 2.51. The molecule has 4 nitrogen and oxygen atoms in total. The van der Waals surface area contributed by atoms with Crippen LogP contribution in [-0.2, 0) is 9.59 Å². The summed E-state index contributed by atoms with van der Waals surface area (Å²) in [4.78, 5) is 25.2. The number of nitrogens with zero attached hydrogens (tertiary/aromatic N) is 1. The minimum Gasteiger partial charge on any atom is -0.481 e. The van der Waals surface area contributed by atoms with Crippen LogP contribution in [0.5, 0.6) is 0 Å². The summed E-state index contributed by atoms with van der Waals surface area (Å²) in [6.45, 7) is 0.692. The molecule has 1 amide bonds. The van der Waals surface area contributed by atoms with Gasteiger partial charge in [0.1, 0.15) is 0 Å². The fraction of sp³-hybridized carbons (Fsp3) is 0.467. The number of rotatable bonds is 3. The number of carboxylic acid groups (broad SMARTS) is 1. The first-order chi connectivity index (χ1) is 9.59. The van der Waals surface area contributed by atoms with Gasteiger partial charge in [0.15, 0.2) is 0 Å². The van der Waals surface area contributed by atoms with Crippen molar-refractivity contribution in [3.05, 3.63) is 34.9 Å². The number of likely N-dealkylation sites (tertiary alicyclic amines) is 1. The monoisotopic (exact) mass is 293 g/mol. The predicted octanol–water partition coefficient (Wildman–Crippen LogP) is 2.72. The van der Waals surface area contributed by atoms with Crippen LogP contribution in [-0.4, -0.2) is 28.4 Å². The van der Waals surface area contributed by atoms with Gasteiger partial charge in [-0.15, -0.1) is 0 Å². The molecule has 1 N–H and O–H groups in total. The maximum atomic E-state index is 12.4. The molecule has 0 bridgehead atoms. The Bertz CT molecular complexity index is 560. The van der Waals surface area contributed by atoms with E-state index in [-0.39, 0.29) is 17.9 Å². The second kappa shape index (κ2) is 5.09. The van der Waals surface area contributed by atoms with E-state index < -0.39 is 11.9 Å². The van der Waals surface area contributed by atoms with Crippen molar-refractivity contribution >= 4 is 23.5 Å². The molecular weight excluding hydrogens is 278 g/mol. The summed E-state index contributed by atoms with van der Waals surface area (Å²) in [7, 11) is 0. The van der Waals surface area contributed by atoms with Gasteiger partial charge >= 0.3 is 5.97 Å². The maximum absolute atomic E-state index is 12.4. The Morgan fingerprint density at radius 2 is 2.00 bits per heavy atom. The molecule has 3 rings (SSSR count). The van der Waals surface area contributed by atoms with Crippen LogP contribution in [0.25, 0.3) is 0 Å². The number of carbonyl (C=O) groups excluding carboxylic acids is 1. The highest BCUT2D eigenvalue weighted by atomic mass is 35.5. The van der Waals surface area contributed by atoms with Gasteiger partial charge in [0.05, 0.1) is 17.9 Å². The SMILES string of the molecule is O=C(O)[C@H]1C[C@H]1C(=O)N1CCCC1c1ccccc1Cl. The van der Waals surface area contributed by atoms with Crippen molar-refractivity contribution in [2.24, 2.45) is 11.8 Å². The molecule has 1 aliphatic heterocycles. The lowest BCUT2D eigenvalue weighted by molar-refractivity contribution is -0.142. The third kappa shape index (κ3) is 2.29. The largest absolute Gasteiger partial charge is 0.481 e. The standard InChI is InChI=1S/C15H16ClNO3/c16-12-5-2-1-4-9(12)13-6-3-7-17(13)14(18)10-8-11(10)15(19)20/h1-2,4-5,10-11,13H,3,6-8H2,(H,19,20)/t10-,11+,13?/m1/s1. The normalized spacial score (nSPS) is 28.4. The molecule has 1 heterocycles. The van der Waals surface area contributed by atoms with Crippen LogP contribution in [0.15, 0.2) is 24.3 Å². The molecule has 1 aliphatic carbocycles. The third-order valence-electron chi connectivity index (χ3n) is 4.22. The van der Waals surface area contributed by atoms with E-state index in [1.807, 2.05) is 29.2 Å². The Hall–Kier alpha value is -1.55. The number of carbonyl (C=O) groups is 2. The molecule has 1 saturated carbocycles. The summed E-state index contributed by atoms with van der Waals surface area (Å²) < 4.78 is 0. The Morgan fingerprint density at radius 1 is 1.25 bits per heavy atom. The molecule has 1 aromatic carbocycles. The van der Waals surface area contributed by atoms with Gasteiger partial charge in [-0.25, -0.2) is 0 Å². The number of hydrogen-bond donors (Lipinski definition) is 1. The minimum absolute atomic E-state index is 0.00811. The molecular formula is C15H16ClNO3. The number of benzene rings is 1. The minimum atomic E-state index is -0.864. The molecule has 0 radical (unpaired) electrons. The van der Waals surface area contributed by atoms with Crippen molar-refractivity contribution in [3.63, 3.8) is 0 Å². The van der Waals surface area contributed by atoms with Gasteiger partial charge < -0.3 is 10.0 Å². The van der Waals surface area contributed by atoms with Crippen LogP contribution in [0.2, 0.25) is 5.02 Å². The number of amides is 1. The van der Waals surface area contributed by atoms with E-state index in [1.54, 1.807) is 0 Å². The second-order valence-electron chi connectivity index (χ2n) is 5.50. The van der Waals surface area contributed by atoms with E-state index in [9.17, 15) is 9.59 Å². The Kier molecular flexibility index (Phi) is 3.42. The van der Waals surface area contributed by atoms with Crippen molar-refractivity contribution in [3.8, 4) is 0 Å². The van der Waals surface area contributed by atoms with Gasteiger partial charge in [0, 0.05) is 11.6 Å². The van der Waals surface area contributed by atoms with Crippen LogP contribution >= 0.6 is 11.6 Å². The zero-order valence-corrected chi connectivity index (χ0v) is 11.7. The van der Waals surface area contributed by atoms with Gasteiger partial charge in [0.25, 0.3) is 0 Å². The molecule has 3 atom stereocenters. The number of halogens is 1. The van der Waals surface area contributed by atoms with E-state index >= 15 is 0 Å². The first-order valence-corrected chi connectivity index (χ1v) is 7.25. The highest BCUT2D eigenvalue weighted by Crippen LogP contribution is 2.44. The second-order valence-corrected chi connectivity index (χ2v) is 5.91. The Balaban J connectivity index is 1.78. The lowest BCUT2D eigenvalue weighted by Gasteiger charge is -2.26. The zero-order valence-electron chi connectivity index (χ0n) is 11.0. The van der Waals surface area contributed by atoms with E-state index in [4.69, 9.17) is 16.7 Å². The van der Waals surface area contributed by atoms with Crippen LogP contribution in [0.3, 0.4) is 0 Å². The summed E-state index contributed by atoms with van der Waals surface area (Å²) in [6.07, 6.45) is 2.30. The molecule has 5 heteroatoms. The molecule has 1 unspecified atom stereocenters. The summed E-state index contributed by atoms with van der Waals surface area (Å²) >= 11 is 6.22. The van der Waals surface area contributed by atoms with E-state index in [2.05, 4.69) is 0 Å². The smallest absolute Gasteiger partial charge is 0.307 e. The van der Waals surface area contributed by atoms with Crippen molar-refractivity contribution in [2.45, 2.75) is 25.3 Å². The van der Waals surface area contributed by atoms with E-state index in [1.165, 1.54) is 0 Å². The summed E-state index contributed by atoms with van der Waals surface area (Å²) in [6, 6.07) is 7.55. The quantitative estimate of drug-likeness (QED) is 0.932. The molecule has 1 saturated heterocycles. The molecule has 0 spiro atoms. The maximum Gasteiger partial charge on any atom is 0.307 e. The lowest BCUT2D eigenvalue weighted by Crippen LogP contribution is -2.32. The molecule has 2 fully saturated rings. The van der Waals surface area contributed by atoms with Gasteiger partial charge in [0.2, 0.25) is 5.91 Å². The van der Waals surface area contributed by atoms with Gasteiger partial charge in [-0.1, -0.05) is 29.8 Å². The number of carboxylic acids is 1. The molecule has 0 aromatic heterocycles. The Labute approximate surface area is 122 Å². The van der Waals surface area contributed by atoms with Gasteiger partial charge in [-0.3, -0.25) is 9.59 Å². The highest BCUT2D eigenvalue weighted by molar-refractivity contribution is 6.31. The lowest BCUT2D eigenvalue weighted by atomic mass is 10.0. The van der Waals surface area contributed by atoms with Crippen LogP contribution in [0.1, 0.15) is 30.9 Å². The van der Waals surface area contributed by atoms with Gasteiger partial charge in [-0.2, -0.15) is 0 Å². The number of aliphatic carboxylic acids is 1. The third-order valence-corrected chi connectivity index (χ3v) is 4.57. The van der Waals surface area contributed by atoms with Crippen molar-refractivity contribution < 1.29 is 14.7 Å². The first kappa shape index (κ1) is 13.4. The molecule has 106 valence electrons. The predicted molar refractivity (Wildman–Crippen MR) is 74.4 cm³/mol. The van der Waals surface area contributed by atoms with Crippen LogP contribution in [0, 0.1) is 11.8 Å². The first-order valence-electron chi connectivity index (χ1n) is 6.87. The van der Waals surface area contributed by atoms with Crippen molar-refractivity contribution in [1.29, 1.82) is 0 Å². The molecule has 2 aliphatic rings. The average molecular weight is 294 g/mol. The molecule has 1 aromatic rings. The summed E-state index contributed by atoms with van der Waals surface area (Å²) in [5.41, 5.74) is 0.965. The molecule has 20 heavy (non-hydrogen) atoms. The fourth-order valence-electron chi connectivity index (χ4n) is 3.05. The van der Waals surface area contributed by atoms with Crippen LogP contribution < -0.4 is 0 Å². The summed E-state index contributed by atoms with van der Waals surface area (Å²) in [5, 5.41) is 9.62. The Morgan fingerprint density at radius 3 is 2.65 bits per heavy atom. The van der Waals surface area contributed by atoms with Crippen molar-refractivity contribution in [2.75, 3.05) is 6.54 Å². The average Bonchev–Trinajstić information content (AvgIpc) is 3.09. The van der Waals surface area contributed by atoms with E-state index in [0.29, 0.717) is 18.0 Å². The van der Waals surface area contributed by atoms with Crippen LogP contribution in [0.4, 0.5) is 0 Å². The fourth-order valence-corrected chi connectivity index (χ4v) is 3.31. The number of hydrogen-bond acceptors (Lipinski definition) is 2.